The molecule has 3 nitrogen and oxygen atoms in total. The third-order valence-electron chi connectivity index (χ3n) is 2.07. The Kier molecular flexibility index (Phi) is 2.33. The van der Waals surface area contributed by atoms with E-state index in [4.69, 9.17) is 5.73 Å². The first-order valence-electron chi connectivity index (χ1n) is 3.81. The summed E-state index contributed by atoms with van der Waals surface area (Å²) < 4.78 is 4.60. The van der Waals surface area contributed by atoms with Gasteiger partial charge in [0.2, 0.25) is 0 Å². The first-order valence-corrected chi connectivity index (χ1v) is 3.81. The number of carbonyl (C=O) groups excluding carboxylic acids is 1. The lowest BCUT2D eigenvalue weighted by Crippen LogP contribution is -2.50. The van der Waals surface area contributed by atoms with Gasteiger partial charge in [0.05, 0.1) is 7.11 Å². The molecule has 0 aliphatic heterocycles. The Morgan fingerprint density at radius 2 is 2.00 bits per heavy atom. The molecule has 0 aromatic heterocycles. The first kappa shape index (κ1) is 9.00. The summed E-state index contributed by atoms with van der Waals surface area (Å²) in [6.45, 7) is 1.67. The van der Waals surface area contributed by atoms with Crippen molar-refractivity contribution in [1.82, 2.24) is 0 Å². The maximum absolute atomic E-state index is 11.2. The normalized spacial score (nSPS) is 20.9. The molecule has 12 heavy (non-hydrogen) atoms. The zero-order valence-corrected chi connectivity index (χ0v) is 7.28. The topological polar surface area (TPSA) is 52.3 Å². The van der Waals surface area contributed by atoms with Gasteiger partial charge in [0.25, 0.3) is 0 Å². The predicted octanol–water partition coefficient (Wildman–Crippen LogP) is 0.619. The molecule has 3 heteroatoms. The number of hydrogen-bond acceptors (Lipinski definition) is 3. The van der Waals surface area contributed by atoms with Crippen LogP contribution in [0.15, 0.2) is 24.3 Å². The van der Waals surface area contributed by atoms with Crippen molar-refractivity contribution in [3.63, 3.8) is 0 Å². The molecule has 1 aliphatic carbocycles. The van der Waals surface area contributed by atoms with E-state index in [0.717, 1.165) is 0 Å². The molecule has 0 aromatic rings. The number of allylic oxidation sites excluding steroid dienone is 2. The van der Waals surface area contributed by atoms with Crippen molar-refractivity contribution in [2.45, 2.75) is 12.5 Å². The molecule has 0 bridgehead atoms. The third kappa shape index (κ3) is 1.41. The zero-order valence-electron chi connectivity index (χ0n) is 7.28. The van der Waals surface area contributed by atoms with Crippen molar-refractivity contribution in [3.05, 3.63) is 24.3 Å². The second kappa shape index (κ2) is 3.11. The minimum absolute atomic E-state index is 0.0510. The minimum atomic E-state index is -0.946. The van der Waals surface area contributed by atoms with Gasteiger partial charge in [0.1, 0.15) is 5.54 Å². The highest BCUT2D eigenvalue weighted by Crippen LogP contribution is 2.22. The van der Waals surface area contributed by atoms with Crippen molar-refractivity contribution < 1.29 is 9.53 Å². The fourth-order valence-electron chi connectivity index (χ4n) is 1.19. The van der Waals surface area contributed by atoms with Crippen LogP contribution in [-0.4, -0.2) is 18.6 Å². The van der Waals surface area contributed by atoms with Crippen LogP contribution in [-0.2, 0) is 9.53 Å². The Balaban J connectivity index is 2.77. The maximum Gasteiger partial charge on any atom is 0.326 e. The van der Waals surface area contributed by atoms with Gasteiger partial charge in [0.15, 0.2) is 0 Å². The molecule has 0 amide bonds. The van der Waals surface area contributed by atoms with E-state index in [1.54, 1.807) is 6.92 Å². The number of carbonyl (C=O) groups is 1. The summed E-state index contributed by atoms with van der Waals surface area (Å²) in [5.41, 5.74) is 4.85. The molecule has 0 saturated heterocycles. The second-order valence-corrected chi connectivity index (χ2v) is 3.07. The standard InChI is InChI=1S/C9H13NO2/c1-9(10,8(11)12-2)7-5-3-4-6-7/h3-7H,10H2,1-2H3/t9-/m0/s1. The smallest absolute Gasteiger partial charge is 0.326 e. The van der Waals surface area contributed by atoms with Crippen LogP contribution >= 0.6 is 0 Å². The average molecular weight is 167 g/mol. The number of ether oxygens (including phenoxy) is 1. The lowest BCUT2D eigenvalue weighted by atomic mass is 9.88. The zero-order chi connectivity index (χ0) is 9.19. The Morgan fingerprint density at radius 3 is 2.42 bits per heavy atom. The second-order valence-electron chi connectivity index (χ2n) is 3.07. The van der Waals surface area contributed by atoms with Gasteiger partial charge < -0.3 is 10.5 Å². The summed E-state index contributed by atoms with van der Waals surface area (Å²) in [5.74, 6) is -0.436. The molecular weight excluding hydrogens is 154 g/mol. The fraction of sp³-hybridized carbons (Fsp3) is 0.444. The quantitative estimate of drug-likeness (QED) is 0.613. The molecule has 1 atom stereocenters. The summed E-state index contributed by atoms with van der Waals surface area (Å²) in [5, 5.41) is 0. The summed E-state index contributed by atoms with van der Waals surface area (Å²) in [7, 11) is 1.34. The molecule has 0 aromatic carbocycles. The predicted molar refractivity (Wildman–Crippen MR) is 46.4 cm³/mol. The monoisotopic (exact) mass is 167 g/mol. The van der Waals surface area contributed by atoms with Gasteiger partial charge in [0, 0.05) is 5.92 Å². The average Bonchev–Trinajstić information content (AvgIpc) is 2.55. The third-order valence-corrected chi connectivity index (χ3v) is 2.07. The highest BCUT2D eigenvalue weighted by Gasteiger charge is 2.36. The lowest BCUT2D eigenvalue weighted by Gasteiger charge is -2.25. The van der Waals surface area contributed by atoms with Gasteiger partial charge in [-0.2, -0.15) is 0 Å². The Labute approximate surface area is 71.9 Å². The molecule has 0 heterocycles. The number of methoxy groups -OCH3 is 1. The number of nitrogens with two attached hydrogens (primary N) is 1. The van der Waals surface area contributed by atoms with Crippen LogP contribution in [0.1, 0.15) is 6.92 Å². The van der Waals surface area contributed by atoms with E-state index < -0.39 is 5.54 Å². The minimum Gasteiger partial charge on any atom is -0.468 e. The molecule has 0 spiro atoms. The van der Waals surface area contributed by atoms with E-state index in [1.165, 1.54) is 7.11 Å². The van der Waals surface area contributed by atoms with Crippen molar-refractivity contribution in [2.24, 2.45) is 11.7 Å². The van der Waals surface area contributed by atoms with E-state index in [9.17, 15) is 4.79 Å². The van der Waals surface area contributed by atoms with Gasteiger partial charge in [-0.05, 0) is 6.92 Å². The van der Waals surface area contributed by atoms with Crippen molar-refractivity contribution in [1.29, 1.82) is 0 Å². The van der Waals surface area contributed by atoms with Crippen molar-refractivity contribution in [3.8, 4) is 0 Å². The molecule has 2 N–H and O–H groups in total. The Morgan fingerprint density at radius 1 is 1.50 bits per heavy atom. The van der Waals surface area contributed by atoms with Gasteiger partial charge in [-0.15, -0.1) is 0 Å². The van der Waals surface area contributed by atoms with E-state index in [0.29, 0.717) is 0 Å². The number of esters is 1. The molecule has 0 saturated carbocycles. The van der Waals surface area contributed by atoms with Gasteiger partial charge in [-0.3, -0.25) is 4.79 Å². The molecule has 1 aliphatic rings. The molecule has 66 valence electrons. The van der Waals surface area contributed by atoms with Crippen LogP contribution in [0.2, 0.25) is 0 Å². The van der Waals surface area contributed by atoms with Crippen molar-refractivity contribution in [2.75, 3.05) is 7.11 Å². The summed E-state index contributed by atoms with van der Waals surface area (Å²) in [6, 6.07) is 0. The van der Waals surface area contributed by atoms with E-state index in [2.05, 4.69) is 4.74 Å². The highest BCUT2D eigenvalue weighted by molar-refractivity contribution is 5.81. The molecule has 0 radical (unpaired) electrons. The highest BCUT2D eigenvalue weighted by atomic mass is 16.5. The molecule has 0 fully saturated rings. The summed E-state index contributed by atoms with van der Waals surface area (Å²) >= 11 is 0. The van der Waals surface area contributed by atoms with Crippen LogP contribution < -0.4 is 5.73 Å². The molecule has 1 rings (SSSR count). The van der Waals surface area contributed by atoms with Crippen LogP contribution in [0.3, 0.4) is 0 Å². The van der Waals surface area contributed by atoms with Crippen LogP contribution in [0.4, 0.5) is 0 Å². The van der Waals surface area contributed by atoms with E-state index in [-0.39, 0.29) is 11.9 Å². The lowest BCUT2D eigenvalue weighted by molar-refractivity contribution is -0.147. The SMILES string of the molecule is COC(=O)[C@@](C)(N)C1C=CC=C1. The van der Waals surface area contributed by atoms with Crippen LogP contribution in [0, 0.1) is 5.92 Å². The number of rotatable bonds is 2. The Hall–Kier alpha value is -1.09. The van der Waals surface area contributed by atoms with Crippen LogP contribution in [0.25, 0.3) is 0 Å². The Bertz CT molecular complexity index is 229. The van der Waals surface area contributed by atoms with E-state index in [1.807, 2.05) is 24.3 Å². The first-order chi connectivity index (χ1) is 5.59. The fourth-order valence-corrected chi connectivity index (χ4v) is 1.19. The largest absolute Gasteiger partial charge is 0.468 e. The van der Waals surface area contributed by atoms with Crippen LogP contribution in [0.5, 0.6) is 0 Å². The maximum atomic E-state index is 11.2. The van der Waals surface area contributed by atoms with Gasteiger partial charge >= 0.3 is 5.97 Å². The van der Waals surface area contributed by atoms with Crippen molar-refractivity contribution >= 4 is 5.97 Å². The van der Waals surface area contributed by atoms with Gasteiger partial charge in [-0.1, -0.05) is 24.3 Å². The summed E-state index contributed by atoms with van der Waals surface area (Å²) in [6.07, 6.45) is 7.52. The van der Waals surface area contributed by atoms with Gasteiger partial charge in [-0.25, -0.2) is 0 Å². The van der Waals surface area contributed by atoms with E-state index >= 15 is 0 Å². The number of hydrogen-bond donors (Lipinski definition) is 1. The molecular formula is C9H13NO2. The molecule has 0 unspecified atom stereocenters. The summed E-state index contributed by atoms with van der Waals surface area (Å²) in [4.78, 5) is 11.2.